The first-order valence-electron chi connectivity index (χ1n) is 10.1. The zero-order chi connectivity index (χ0) is 23.2. The van der Waals surface area contributed by atoms with Crippen molar-refractivity contribution in [2.45, 2.75) is 34.6 Å². The van der Waals surface area contributed by atoms with Crippen LogP contribution in [0.2, 0.25) is 10.0 Å². The number of hydrogen-bond acceptors (Lipinski definition) is 3. The van der Waals surface area contributed by atoms with Gasteiger partial charge in [0.05, 0.1) is 6.54 Å². The molecule has 0 unspecified atom stereocenters. The molecule has 0 aromatic heterocycles. The van der Waals surface area contributed by atoms with Gasteiger partial charge in [0, 0.05) is 21.3 Å². The standard InChI is InChI=1S/C17H23N3.C9H8Cl2/c1-12-6-8-15(9-7-12)19-13(2)20-16-10-14(11-18-16)17(3,4)5;1-6(2)9-7(10)4-3-5-8(9)11/h6-10,19H,2,11H2,1,3-5H3,(H,18,20);3-5H,1H2,2H3. The van der Waals surface area contributed by atoms with Crippen LogP contribution in [0.25, 0.3) is 5.57 Å². The molecule has 0 radical (unpaired) electrons. The van der Waals surface area contributed by atoms with E-state index in [1.54, 1.807) is 12.1 Å². The van der Waals surface area contributed by atoms with E-state index in [0.717, 1.165) is 35.0 Å². The molecule has 31 heavy (non-hydrogen) atoms. The third kappa shape index (κ3) is 7.61. The second-order valence-electron chi connectivity index (χ2n) is 8.59. The highest BCUT2D eigenvalue weighted by Gasteiger charge is 2.20. The topological polar surface area (TPSA) is 36.4 Å². The SMILES string of the molecule is C=C(C)c1c(Cl)cccc1Cl.C=C(NC1=NCC(C(C)(C)C)=C1)Nc1ccc(C)cc1. The van der Waals surface area contributed by atoms with Gasteiger partial charge in [-0.2, -0.15) is 0 Å². The third-order valence-corrected chi connectivity index (χ3v) is 5.34. The van der Waals surface area contributed by atoms with E-state index in [1.165, 1.54) is 11.1 Å². The summed E-state index contributed by atoms with van der Waals surface area (Å²) in [4.78, 5) is 4.49. The van der Waals surface area contributed by atoms with Crippen molar-refractivity contribution in [2.75, 3.05) is 11.9 Å². The van der Waals surface area contributed by atoms with Gasteiger partial charge in [0.2, 0.25) is 0 Å². The van der Waals surface area contributed by atoms with Crippen molar-refractivity contribution in [3.63, 3.8) is 0 Å². The Morgan fingerprint density at radius 3 is 2.00 bits per heavy atom. The molecule has 0 saturated heterocycles. The largest absolute Gasteiger partial charge is 0.342 e. The molecule has 0 aliphatic carbocycles. The van der Waals surface area contributed by atoms with Crippen molar-refractivity contribution in [2.24, 2.45) is 10.4 Å². The molecule has 1 aliphatic rings. The second kappa shape index (κ2) is 10.7. The van der Waals surface area contributed by atoms with Crippen LogP contribution in [0.4, 0.5) is 5.69 Å². The number of hydrogen-bond donors (Lipinski definition) is 2. The highest BCUT2D eigenvalue weighted by Crippen LogP contribution is 2.29. The van der Waals surface area contributed by atoms with E-state index in [-0.39, 0.29) is 5.41 Å². The van der Waals surface area contributed by atoms with Crippen molar-refractivity contribution >= 4 is 40.3 Å². The van der Waals surface area contributed by atoms with Crippen LogP contribution in [0.15, 0.2) is 78.1 Å². The Morgan fingerprint density at radius 2 is 1.55 bits per heavy atom. The van der Waals surface area contributed by atoms with Gasteiger partial charge in [0.1, 0.15) is 11.7 Å². The highest BCUT2D eigenvalue weighted by molar-refractivity contribution is 6.37. The maximum atomic E-state index is 5.88. The first-order chi connectivity index (χ1) is 14.5. The number of amidine groups is 1. The number of anilines is 1. The van der Waals surface area contributed by atoms with Crippen LogP contribution in [0, 0.1) is 12.3 Å². The number of aliphatic imine (C=N–C) groups is 1. The Morgan fingerprint density at radius 1 is 0.968 bits per heavy atom. The molecule has 3 nitrogen and oxygen atoms in total. The van der Waals surface area contributed by atoms with E-state index in [1.807, 2.05) is 25.1 Å². The maximum absolute atomic E-state index is 5.88. The lowest BCUT2D eigenvalue weighted by Gasteiger charge is -2.18. The zero-order valence-electron chi connectivity index (χ0n) is 18.9. The number of benzene rings is 2. The van der Waals surface area contributed by atoms with Crippen LogP contribution in [-0.4, -0.2) is 12.4 Å². The van der Waals surface area contributed by atoms with E-state index >= 15 is 0 Å². The van der Waals surface area contributed by atoms with Gasteiger partial charge in [-0.25, -0.2) is 0 Å². The Bertz CT molecular complexity index is 990. The molecule has 2 aromatic carbocycles. The molecule has 0 spiro atoms. The highest BCUT2D eigenvalue weighted by atomic mass is 35.5. The van der Waals surface area contributed by atoms with Crippen LogP contribution in [0.5, 0.6) is 0 Å². The average Bonchev–Trinajstić information content (AvgIpc) is 3.12. The molecule has 2 aromatic rings. The molecule has 0 amide bonds. The number of allylic oxidation sites excluding steroid dienone is 1. The van der Waals surface area contributed by atoms with Gasteiger partial charge in [-0.1, -0.05) is 80.9 Å². The molecular formula is C26H31Cl2N3. The van der Waals surface area contributed by atoms with E-state index in [9.17, 15) is 0 Å². The first-order valence-corrected chi connectivity index (χ1v) is 10.9. The van der Waals surface area contributed by atoms with E-state index in [0.29, 0.717) is 10.0 Å². The second-order valence-corrected chi connectivity index (χ2v) is 9.41. The molecule has 1 aliphatic heterocycles. The van der Waals surface area contributed by atoms with Gasteiger partial charge < -0.3 is 10.6 Å². The Balaban J connectivity index is 0.000000262. The minimum Gasteiger partial charge on any atom is -0.342 e. The lowest BCUT2D eigenvalue weighted by Crippen LogP contribution is -2.24. The predicted octanol–water partition coefficient (Wildman–Crippen LogP) is 7.88. The van der Waals surface area contributed by atoms with Gasteiger partial charge in [0.15, 0.2) is 0 Å². The minimum absolute atomic E-state index is 0.165. The van der Waals surface area contributed by atoms with E-state index in [2.05, 4.69) is 74.7 Å². The van der Waals surface area contributed by atoms with Crippen molar-refractivity contribution in [3.8, 4) is 0 Å². The summed E-state index contributed by atoms with van der Waals surface area (Å²) in [5.41, 5.74) is 5.50. The number of aryl methyl sites for hydroxylation is 1. The monoisotopic (exact) mass is 455 g/mol. The van der Waals surface area contributed by atoms with Crippen LogP contribution < -0.4 is 10.6 Å². The lowest BCUT2D eigenvalue weighted by molar-refractivity contribution is 0.499. The van der Waals surface area contributed by atoms with Gasteiger partial charge in [-0.15, -0.1) is 0 Å². The summed E-state index contributed by atoms with van der Waals surface area (Å²) in [5, 5.41) is 7.76. The fourth-order valence-corrected chi connectivity index (χ4v) is 3.58. The molecule has 5 heteroatoms. The molecule has 0 fully saturated rings. The molecule has 164 valence electrons. The van der Waals surface area contributed by atoms with Crippen LogP contribution in [-0.2, 0) is 0 Å². The summed E-state index contributed by atoms with van der Waals surface area (Å²) in [6, 6.07) is 13.6. The van der Waals surface area contributed by atoms with Crippen molar-refractivity contribution in [3.05, 3.63) is 94.3 Å². The minimum atomic E-state index is 0.165. The maximum Gasteiger partial charge on any atom is 0.126 e. The number of rotatable bonds is 4. The normalized spacial score (nSPS) is 12.9. The van der Waals surface area contributed by atoms with E-state index in [4.69, 9.17) is 23.2 Å². The average molecular weight is 456 g/mol. The van der Waals surface area contributed by atoms with Gasteiger partial charge >= 0.3 is 0 Å². The predicted molar refractivity (Wildman–Crippen MR) is 138 cm³/mol. The van der Waals surface area contributed by atoms with Crippen molar-refractivity contribution < 1.29 is 0 Å². The molecule has 1 heterocycles. The Kier molecular flexibility index (Phi) is 8.55. The van der Waals surface area contributed by atoms with Gasteiger partial charge in [-0.3, -0.25) is 4.99 Å². The molecule has 3 rings (SSSR count). The molecule has 0 atom stereocenters. The Hall–Kier alpha value is -2.49. The van der Waals surface area contributed by atoms with Crippen LogP contribution in [0.1, 0.15) is 38.8 Å². The lowest BCUT2D eigenvalue weighted by atomic mass is 9.87. The number of halogens is 2. The third-order valence-electron chi connectivity index (χ3n) is 4.71. The Labute approximate surface area is 196 Å². The first kappa shape index (κ1) is 24.8. The van der Waals surface area contributed by atoms with Crippen molar-refractivity contribution in [1.82, 2.24) is 5.32 Å². The summed E-state index contributed by atoms with van der Waals surface area (Å²) in [7, 11) is 0. The quantitative estimate of drug-likeness (QED) is 0.491. The fraction of sp³-hybridized carbons (Fsp3) is 0.269. The zero-order valence-corrected chi connectivity index (χ0v) is 20.5. The van der Waals surface area contributed by atoms with Gasteiger partial charge in [-0.05, 0) is 60.8 Å². The summed E-state index contributed by atoms with van der Waals surface area (Å²) in [6.45, 7) is 19.1. The van der Waals surface area contributed by atoms with E-state index < -0.39 is 0 Å². The molecular weight excluding hydrogens is 425 g/mol. The molecule has 0 bridgehead atoms. The van der Waals surface area contributed by atoms with Gasteiger partial charge in [0.25, 0.3) is 0 Å². The smallest absolute Gasteiger partial charge is 0.126 e. The molecule has 0 saturated carbocycles. The summed E-state index contributed by atoms with van der Waals surface area (Å²) in [6.07, 6.45) is 2.11. The van der Waals surface area contributed by atoms with Crippen molar-refractivity contribution in [1.29, 1.82) is 0 Å². The van der Waals surface area contributed by atoms with Crippen LogP contribution in [0.3, 0.4) is 0 Å². The number of nitrogens with zero attached hydrogens (tertiary/aromatic N) is 1. The molecule has 2 N–H and O–H groups in total. The summed E-state index contributed by atoms with van der Waals surface area (Å²) in [5.74, 6) is 1.61. The van der Waals surface area contributed by atoms with Crippen LogP contribution >= 0.6 is 23.2 Å². The summed E-state index contributed by atoms with van der Waals surface area (Å²) >= 11 is 11.8. The summed E-state index contributed by atoms with van der Waals surface area (Å²) < 4.78 is 0. The fourth-order valence-electron chi connectivity index (χ4n) is 2.86. The number of nitrogens with one attached hydrogen (secondary N) is 2.